The summed E-state index contributed by atoms with van der Waals surface area (Å²) in [5.74, 6) is 0.115. The first-order chi connectivity index (χ1) is 11.5. The number of benzene rings is 1. The standard InChI is InChI=1S/C16H16N2O6/c1-9-5-14(24-18-9)16(20)21-7-15(19)17-10(2)11-3-4-12-13(6-11)23-8-22-12/h3-6,10H,7-8H2,1-2H3,(H,17,19)/t10-/m0/s1. The maximum absolute atomic E-state index is 11.9. The molecule has 0 bridgehead atoms. The highest BCUT2D eigenvalue weighted by Crippen LogP contribution is 2.34. The summed E-state index contributed by atoms with van der Waals surface area (Å²) >= 11 is 0. The topological polar surface area (TPSA) is 99.9 Å². The van der Waals surface area contributed by atoms with Crippen molar-refractivity contribution in [3.05, 3.63) is 41.3 Å². The molecule has 0 saturated heterocycles. The van der Waals surface area contributed by atoms with Crippen LogP contribution in [0, 0.1) is 6.92 Å². The lowest BCUT2D eigenvalue weighted by molar-refractivity contribution is -0.124. The Labute approximate surface area is 137 Å². The first-order valence-electron chi connectivity index (χ1n) is 7.32. The highest BCUT2D eigenvalue weighted by Gasteiger charge is 2.18. The molecule has 0 aliphatic carbocycles. The summed E-state index contributed by atoms with van der Waals surface area (Å²) in [6, 6.07) is 6.58. The Bertz CT molecular complexity index is 770. The lowest BCUT2D eigenvalue weighted by atomic mass is 10.1. The molecular weight excluding hydrogens is 316 g/mol. The third kappa shape index (κ3) is 3.48. The van der Waals surface area contributed by atoms with Crippen molar-refractivity contribution in [3.8, 4) is 11.5 Å². The van der Waals surface area contributed by atoms with E-state index in [9.17, 15) is 9.59 Å². The van der Waals surface area contributed by atoms with Gasteiger partial charge in [0.25, 0.3) is 5.91 Å². The number of nitrogens with one attached hydrogen (secondary N) is 1. The van der Waals surface area contributed by atoms with Crippen molar-refractivity contribution in [1.29, 1.82) is 0 Å². The minimum absolute atomic E-state index is 0.0379. The van der Waals surface area contributed by atoms with Gasteiger partial charge in [0.15, 0.2) is 18.1 Å². The number of rotatable bonds is 5. The van der Waals surface area contributed by atoms with Gasteiger partial charge in [0.2, 0.25) is 12.6 Å². The van der Waals surface area contributed by atoms with Crippen LogP contribution >= 0.6 is 0 Å². The molecule has 8 heteroatoms. The van der Waals surface area contributed by atoms with Crippen LogP contribution in [0.25, 0.3) is 0 Å². The first-order valence-corrected chi connectivity index (χ1v) is 7.32. The number of hydrogen-bond donors (Lipinski definition) is 1. The van der Waals surface area contributed by atoms with Gasteiger partial charge >= 0.3 is 5.97 Å². The van der Waals surface area contributed by atoms with E-state index in [1.165, 1.54) is 6.07 Å². The van der Waals surface area contributed by atoms with Crippen LogP contribution in [0.1, 0.15) is 34.8 Å². The van der Waals surface area contributed by atoms with Crippen molar-refractivity contribution in [2.24, 2.45) is 0 Å². The lowest BCUT2D eigenvalue weighted by Gasteiger charge is -2.14. The molecule has 2 heterocycles. The molecule has 0 fully saturated rings. The van der Waals surface area contributed by atoms with Crippen molar-refractivity contribution < 1.29 is 28.3 Å². The second-order valence-corrected chi connectivity index (χ2v) is 5.31. The van der Waals surface area contributed by atoms with Crippen molar-refractivity contribution in [2.45, 2.75) is 19.9 Å². The Morgan fingerprint density at radius 2 is 2.08 bits per heavy atom. The number of ether oxygens (including phenoxy) is 3. The van der Waals surface area contributed by atoms with E-state index in [1.54, 1.807) is 19.1 Å². The number of hydrogen-bond acceptors (Lipinski definition) is 7. The zero-order valence-corrected chi connectivity index (χ0v) is 13.2. The van der Waals surface area contributed by atoms with Crippen LogP contribution in [-0.4, -0.2) is 30.4 Å². The van der Waals surface area contributed by atoms with Gasteiger partial charge in [-0.3, -0.25) is 4.79 Å². The van der Waals surface area contributed by atoms with Gasteiger partial charge in [0.1, 0.15) is 0 Å². The average Bonchev–Trinajstić information content (AvgIpc) is 3.20. The summed E-state index contributed by atoms with van der Waals surface area (Å²) in [6.07, 6.45) is 0. The minimum atomic E-state index is -0.735. The molecule has 0 radical (unpaired) electrons. The van der Waals surface area contributed by atoms with E-state index in [-0.39, 0.29) is 18.6 Å². The second kappa shape index (κ2) is 6.61. The van der Waals surface area contributed by atoms with Gasteiger partial charge in [-0.2, -0.15) is 0 Å². The fourth-order valence-electron chi connectivity index (χ4n) is 2.21. The summed E-state index contributed by atoms with van der Waals surface area (Å²) < 4.78 is 20.2. The normalized spacial score (nSPS) is 13.4. The van der Waals surface area contributed by atoms with Gasteiger partial charge in [-0.15, -0.1) is 0 Å². The molecule has 2 aromatic rings. The Hall–Kier alpha value is -3.03. The van der Waals surface area contributed by atoms with E-state index in [4.69, 9.17) is 18.7 Å². The van der Waals surface area contributed by atoms with Crippen molar-refractivity contribution in [2.75, 3.05) is 13.4 Å². The molecule has 24 heavy (non-hydrogen) atoms. The van der Waals surface area contributed by atoms with E-state index in [0.717, 1.165) is 5.56 Å². The lowest BCUT2D eigenvalue weighted by Crippen LogP contribution is -2.31. The Morgan fingerprint density at radius 1 is 1.29 bits per heavy atom. The summed E-state index contributed by atoms with van der Waals surface area (Å²) in [7, 11) is 0. The molecule has 1 aliphatic heterocycles. The van der Waals surface area contributed by atoms with Gasteiger partial charge < -0.3 is 24.1 Å². The highest BCUT2D eigenvalue weighted by atomic mass is 16.7. The predicted octanol–water partition coefficient (Wildman–Crippen LogP) is 1.75. The van der Waals surface area contributed by atoms with Gasteiger partial charge in [0.05, 0.1) is 11.7 Å². The number of carbonyl (C=O) groups excluding carboxylic acids is 2. The first kappa shape index (κ1) is 15.9. The van der Waals surface area contributed by atoms with Crippen LogP contribution in [0.5, 0.6) is 11.5 Å². The SMILES string of the molecule is Cc1cc(C(=O)OCC(=O)N[C@@H](C)c2ccc3c(c2)OCO3)on1. The van der Waals surface area contributed by atoms with Crippen LogP contribution < -0.4 is 14.8 Å². The van der Waals surface area contributed by atoms with Crippen LogP contribution in [0.4, 0.5) is 0 Å². The molecule has 0 spiro atoms. The maximum atomic E-state index is 11.9. The quantitative estimate of drug-likeness (QED) is 0.832. The summed E-state index contributed by atoms with van der Waals surface area (Å²) in [4.78, 5) is 23.6. The predicted molar refractivity (Wildman–Crippen MR) is 80.6 cm³/mol. The number of esters is 1. The fourth-order valence-corrected chi connectivity index (χ4v) is 2.21. The van der Waals surface area contributed by atoms with E-state index < -0.39 is 18.5 Å². The second-order valence-electron chi connectivity index (χ2n) is 5.31. The molecule has 126 valence electrons. The molecule has 0 saturated carbocycles. The molecule has 1 aliphatic rings. The highest BCUT2D eigenvalue weighted by molar-refractivity contribution is 5.88. The maximum Gasteiger partial charge on any atom is 0.377 e. The van der Waals surface area contributed by atoms with Crippen LogP contribution in [0.2, 0.25) is 0 Å². The molecule has 1 aromatic heterocycles. The van der Waals surface area contributed by atoms with E-state index in [0.29, 0.717) is 17.2 Å². The zero-order valence-electron chi connectivity index (χ0n) is 13.2. The number of aromatic nitrogens is 1. The van der Waals surface area contributed by atoms with E-state index in [1.807, 2.05) is 13.0 Å². The van der Waals surface area contributed by atoms with Gasteiger partial charge in [-0.1, -0.05) is 11.2 Å². The number of carbonyl (C=O) groups is 2. The third-order valence-electron chi connectivity index (χ3n) is 3.44. The van der Waals surface area contributed by atoms with E-state index in [2.05, 4.69) is 10.5 Å². The van der Waals surface area contributed by atoms with Crippen LogP contribution in [-0.2, 0) is 9.53 Å². The molecule has 1 atom stereocenters. The summed E-state index contributed by atoms with van der Waals surface area (Å²) in [5, 5.41) is 6.32. The smallest absolute Gasteiger partial charge is 0.377 e. The monoisotopic (exact) mass is 332 g/mol. The summed E-state index contributed by atoms with van der Waals surface area (Å²) in [5.41, 5.74) is 1.41. The molecule has 0 unspecified atom stereocenters. The molecule has 1 aromatic carbocycles. The van der Waals surface area contributed by atoms with Crippen molar-refractivity contribution >= 4 is 11.9 Å². The molecule has 8 nitrogen and oxygen atoms in total. The van der Waals surface area contributed by atoms with Crippen LogP contribution in [0.3, 0.4) is 0 Å². The largest absolute Gasteiger partial charge is 0.454 e. The average molecular weight is 332 g/mol. The number of aryl methyl sites for hydroxylation is 1. The van der Waals surface area contributed by atoms with Gasteiger partial charge in [-0.05, 0) is 31.5 Å². The minimum Gasteiger partial charge on any atom is -0.454 e. The number of nitrogens with zero attached hydrogens (tertiary/aromatic N) is 1. The zero-order chi connectivity index (χ0) is 17.1. The Kier molecular flexibility index (Phi) is 4.37. The Balaban J connectivity index is 1.52. The van der Waals surface area contributed by atoms with Crippen molar-refractivity contribution in [3.63, 3.8) is 0 Å². The number of amides is 1. The molecule has 1 amide bonds. The summed E-state index contributed by atoms with van der Waals surface area (Å²) in [6.45, 7) is 3.28. The van der Waals surface area contributed by atoms with Crippen molar-refractivity contribution in [1.82, 2.24) is 10.5 Å². The molecular formula is C16H16N2O6. The fraction of sp³-hybridized carbons (Fsp3) is 0.312. The number of fused-ring (bicyclic) bond motifs is 1. The van der Waals surface area contributed by atoms with E-state index >= 15 is 0 Å². The molecule has 1 N–H and O–H groups in total. The molecule has 3 rings (SSSR count). The van der Waals surface area contributed by atoms with Gasteiger partial charge in [0, 0.05) is 6.07 Å². The third-order valence-corrected chi connectivity index (χ3v) is 3.44. The Morgan fingerprint density at radius 3 is 2.83 bits per heavy atom. The van der Waals surface area contributed by atoms with Gasteiger partial charge in [-0.25, -0.2) is 4.79 Å². The van der Waals surface area contributed by atoms with Crippen LogP contribution in [0.15, 0.2) is 28.8 Å².